The fourth-order valence-corrected chi connectivity index (χ4v) is 0.491. The molecule has 82 valence electrons. The molecule has 0 aliphatic heterocycles. The highest BCUT2D eigenvalue weighted by Gasteiger charge is 1.77. The molecule has 1 heteroatoms. The molecule has 0 unspecified atom stereocenters. The molecule has 0 radical (unpaired) electrons. The summed E-state index contributed by atoms with van der Waals surface area (Å²) in [5.41, 5.74) is 0.998. The normalized spacial score (nSPS) is 9.07. The van der Waals surface area contributed by atoms with Crippen molar-refractivity contribution in [3.63, 3.8) is 0 Å². The number of allylic oxidation sites excluding steroid dienone is 5. The van der Waals surface area contributed by atoms with Gasteiger partial charge in [0.25, 0.3) is 0 Å². The van der Waals surface area contributed by atoms with Gasteiger partial charge in [-0.3, -0.25) is 0 Å². The van der Waals surface area contributed by atoms with Gasteiger partial charge in [0.2, 0.25) is 0 Å². The first-order valence-electron chi connectivity index (χ1n) is 5.14. The molecule has 1 nitrogen and oxygen atoms in total. The van der Waals surface area contributed by atoms with E-state index in [-0.39, 0.29) is 0 Å². The maximum absolute atomic E-state index is 3.62. The van der Waals surface area contributed by atoms with Gasteiger partial charge in [0.1, 0.15) is 0 Å². The van der Waals surface area contributed by atoms with E-state index in [0.29, 0.717) is 0 Å². The van der Waals surface area contributed by atoms with Crippen molar-refractivity contribution in [3.8, 4) is 0 Å². The minimum atomic E-state index is 0.998. The van der Waals surface area contributed by atoms with Crippen LogP contribution in [0, 0.1) is 0 Å². The van der Waals surface area contributed by atoms with Crippen LogP contribution in [0.3, 0.4) is 0 Å². The Bertz CT molecular complexity index is 164. The molecule has 0 saturated heterocycles. The highest BCUT2D eigenvalue weighted by molar-refractivity contribution is 5.21. The highest BCUT2D eigenvalue weighted by atomic mass is 14.8. The summed E-state index contributed by atoms with van der Waals surface area (Å²) in [7, 11) is 1.86. The van der Waals surface area contributed by atoms with Gasteiger partial charge < -0.3 is 5.32 Å². The van der Waals surface area contributed by atoms with Gasteiger partial charge in [-0.05, 0) is 12.2 Å². The number of nitrogens with one attached hydrogen (secondary N) is 1. The summed E-state index contributed by atoms with van der Waals surface area (Å²) in [6.07, 6.45) is 9.18. The molecule has 0 rings (SSSR count). The second-order valence-electron chi connectivity index (χ2n) is 1.70. The van der Waals surface area contributed by atoms with Crippen molar-refractivity contribution in [3.05, 3.63) is 49.2 Å². The van der Waals surface area contributed by atoms with E-state index < -0.39 is 0 Å². The van der Waals surface area contributed by atoms with Gasteiger partial charge in [0.15, 0.2) is 0 Å². The molecule has 0 aromatic carbocycles. The Morgan fingerprint density at radius 3 is 1.79 bits per heavy atom. The summed E-state index contributed by atoms with van der Waals surface area (Å²) in [6, 6.07) is 0. The van der Waals surface area contributed by atoms with Crippen LogP contribution in [0.25, 0.3) is 0 Å². The summed E-state index contributed by atoms with van der Waals surface area (Å²) >= 11 is 0. The number of likely N-dealkylation sites (N-methyl/N-ethyl adjacent to an activating group) is 1. The molecule has 0 amide bonds. The fourth-order valence-electron chi connectivity index (χ4n) is 0.491. The van der Waals surface area contributed by atoms with Gasteiger partial charge in [-0.2, -0.15) is 0 Å². The zero-order chi connectivity index (χ0) is 11.8. The number of hydrogen-bond donors (Lipinski definition) is 1. The van der Waals surface area contributed by atoms with Crippen molar-refractivity contribution < 1.29 is 0 Å². The van der Waals surface area contributed by atoms with Gasteiger partial charge in [-0.15, -0.1) is 0 Å². The first-order valence-corrected chi connectivity index (χ1v) is 5.14. The minimum absolute atomic E-state index is 0.998. The quantitative estimate of drug-likeness (QED) is 0.667. The van der Waals surface area contributed by atoms with Crippen LogP contribution < -0.4 is 5.32 Å². The molecular weight excluding hydrogens is 170 g/mol. The van der Waals surface area contributed by atoms with E-state index in [9.17, 15) is 0 Å². The summed E-state index contributed by atoms with van der Waals surface area (Å²) in [6.45, 7) is 15.2. The highest BCUT2D eigenvalue weighted by Crippen LogP contribution is 1.88. The SMILES string of the molecule is C=C/C=C\C=C(/C=C)NC.CC.CC. The van der Waals surface area contributed by atoms with Crippen molar-refractivity contribution in [2.45, 2.75) is 27.7 Å². The third kappa shape index (κ3) is 17.0. The zero-order valence-electron chi connectivity index (χ0n) is 10.3. The van der Waals surface area contributed by atoms with Gasteiger partial charge in [0, 0.05) is 12.7 Å². The molecule has 0 atom stereocenters. The largest absolute Gasteiger partial charge is 0.388 e. The Kier molecular flexibility index (Phi) is 29.9. The van der Waals surface area contributed by atoms with Crippen molar-refractivity contribution in [1.29, 1.82) is 0 Å². The Labute approximate surface area is 89.9 Å². The lowest BCUT2D eigenvalue weighted by Crippen LogP contribution is -2.01. The zero-order valence-corrected chi connectivity index (χ0v) is 10.3. The molecule has 0 bridgehead atoms. The van der Waals surface area contributed by atoms with Gasteiger partial charge >= 0.3 is 0 Å². The molecule has 14 heavy (non-hydrogen) atoms. The number of rotatable bonds is 4. The Morgan fingerprint density at radius 1 is 1.00 bits per heavy atom. The van der Waals surface area contributed by atoms with E-state index in [4.69, 9.17) is 0 Å². The lowest BCUT2D eigenvalue weighted by molar-refractivity contribution is 1.03. The molecule has 0 fully saturated rings. The molecule has 0 heterocycles. The predicted molar refractivity (Wildman–Crippen MR) is 69.4 cm³/mol. The molecule has 0 spiro atoms. The van der Waals surface area contributed by atoms with Crippen LogP contribution in [0.1, 0.15) is 27.7 Å². The third-order valence-electron chi connectivity index (χ3n) is 1.03. The van der Waals surface area contributed by atoms with Crippen LogP contribution >= 0.6 is 0 Å². The lowest BCUT2D eigenvalue weighted by atomic mass is 10.3. The molecule has 0 aromatic rings. The second kappa shape index (κ2) is 22.6. The van der Waals surface area contributed by atoms with Crippen LogP contribution in [0.15, 0.2) is 49.2 Å². The average molecular weight is 195 g/mol. The van der Waals surface area contributed by atoms with Crippen molar-refractivity contribution in [2.24, 2.45) is 0 Å². The smallest absolute Gasteiger partial charge is 0.0331 e. The average Bonchev–Trinajstić information content (AvgIpc) is 2.30. The second-order valence-corrected chi connectivity index (χ2v) is 1.70. The fraction of sp³-hybridized carbons (Fsp3) is 0.385. The Balaban J connectivity index is -0.000000266. The summed E-state index contributed by atoms with van der Waals surface area (Å²) in [5.74, 6) is 0. The maximum Gasteiger partial charge on any atom is 0.0331 e. The molecule has 0 aliphatic carbocycles. The van der Waals surface area contributed by atoms with Gasteiger partial charge in [0.05, 0.1) is 0 Å². The first kappa shape index (κ1) is 18.5. The van der Waals surface area contributed by atoms with E-state index in [0.717, 1.165) is 5.70 Å². The molecule has 0 saturated carbocycles. The van der Waals surface area contributed by atoms with Crippen molar-refractivity contribution in [1.82, 2.24) is 5.32 Å². The van der Waals surface area contributed by atoms with E-state index in [1.807, 2.05) is 53.0 Å². The summed E-state index contributed by atoms with van der Waals surface area (Å²) in [4.78, 5) is 0. The van der Waals surface area contributed by atoms with Crippen molar-refractivity contribution >= 4 is 0 Å². The van der Waals surface area contributed by atoms with E-state index in [1.54, 1.807) is 12.2 Å². The van der Waals surface area contributed by atoms with E-state index >= 15 is 0 Å². The van der Waals surface area contributed by atoms with Crippen LogP contribution in [0.5, 0.6) is 0 Å². The van der Waals surface area contributed by atoms with Crippen molar-refractivity contribution in [2.75, 3.05) is 7.05 Å². The lowest BCUT2D eigenvalue weighted by Gasteiger charge is -1.94. The molecule has 0 aromatic heterocycles. The standard InChI is InChI=1S/C9H13N.2C2H6/c1-4-6-7-8-9(5-2)10-3;2*1-2/h4-8,10H,1-2H2,3H3;2*1-2H3/b7-6-,9-8+;;. The Hall–Kier alpha value is -1.24. The predicted octanol–water partition coefficient (Wildman–Crippen LogP) is 4.07. The van der Waals surface area contributed by atoms with Gasteiger partial charge in [-0.1, -0.05) is 59.1 Å². The minimum Gasteiger partial charge on any atom is -0.388 e. The van der Waals surface area contributed by atoms with E-state index in [2.05, 4.69) is 18.5 Å². The third-order valence-corrected chi connectivity index (χ3v) is 1.03. The van der Waals surface area contributed by atoms with Gasteiger partial charge in [-0.25, -0.2) is 0 Å². The summed E-state index contributed by atoms with van der Waals surface area (Å²) in [5, 5.41) is 2.97. The Morgan fingerprint density at radius 2 is 1.50 bits per heavy atom. The topological polar surface area (TPSA) is 12.0 Å². The number of hydrogen-bond acceptors (Lipinski definition) is 1. The molecular formula is C13H25N. The van der Waals surface area contributed by atoms with Crippen LogP contribution in [0.4, 0.5) is 0 Å². The van der Waals surface area contributed by atoms with E-state index in [1.165, 1.54) is 0 Å². The first-order chi connectivity index (χ1) is 6.85. The molecule has 1 N–H and O–H groups in total. The molecule has 0 aliphatic rings. The monoisotopic (exact) mass is 195 g/mol. The van der Waals surface area contributed by atoms with Crippen LogP contribution in [0.2, 0.25) is 0 Å². The van der Waals surface area contributed by atoms with Crippen LogP contribution in [-0.2, 0) is 0 Å². The maximum atomic E-state index is 3.62. The summed E-state index contributed by atoms with van der Waals surface area (Å²) < 4.78 is 0. The van der Waals surface area contributed by atoms with Crippen LogP contribution in [-0.4, -0.2) is 7.05 Å².